The molecule has 0 saturated heterocycles. The molecule has 0 amide bonds. The van der Waals surface area contributed by atoms with Gasteiger partial charge in [-0.05, 0) is 57.9 Å². The average Bonchev–Trinajstić information content (AvgIpc) is 3.37. The second-order valence-corrected chi connectivity index (χ2v) is 6.87. The van der Waals surface area contributed by atoms with Crippen molar-refractivity contribution in [2.45, 2.75) is 13.0 Å². The van der Waals surface area contributed by atoms with Crippen LogP contribution in [0.25, 0.3) is 11.7 Å². The molecule has 0 saturated carbocycles. The number of nitrogens with zero attached hydrogens (tertiary/aromatic N) is 2. The maximum Gasteiger partial charge on any atom is 0.283 e. The molecule has 0 spiro atoms. The average molecular weight is 441 g/mol. The normalized spacial score (nSPS) is 10.8. The van der Waals surface area contributed by atoms with E-state index in [1.54, 1.807) is 13.2 Å². The minimum Gasteiger partial charge on any atom is -0.497 e. The van der Waals surface area contributed by atoms with E-state index >= 15 is 0 Å². The lowest BCUT2D eigenvalue weighted by Crippen LogP contribution is -1.94. The van der Waals surface area contributed by atoms with Crippen LogP contribution in [0.15, 0.2) is 74.0 Å². The second kappa shape index (κ2) is 8.31. The molecule has 7 heteroatoms. The van der Waals surface area contributed by atoms with Crippen molar-refractivity contribution in [2.75, 3.05) is 7.11 Å². The number of methoxy groups -OCH3 is 1. The zero-order valence-corrected chi connectivity index (χ0v) is 16.7. The number of rotatable bonds is 7. The Morgan fingerprint density at radius 2 is 1.75 bits per heavy atom. The molecule has 2 aromatic heterocycles. The van der Waals surface area contributed by atoms with Crippen LogP contribution in [0.1, 0.15) is 17.2 Å². The maximum absolute atomic E-state index is 5.77. The summed E-state index contributed by atoms with van der Waals surface area (Å²) in [4.78, 5) is 0. The largest absolute Gasteiger partial charge is 0.497 e. The van der Waals surface area contributed by atoms with Crippen molar-refractivity contribution in [3.63, 3.8) is 0 Å². The highest BCUT2D eigenvalue weighted by molar-refractivity contribution is 9.10. The van der Waals surface area contributed by atoms with Crippen LogP contribution in [-0.4, -0.2) is 17.3 Å². The molecular weight excluding hydrogens is 424 g/mol. The van der Waals surface area contributed by atoms with Gasteiger partial charge >= 0.3 is 0 Å². The maximum atomic E-state index is 5.77. The summed E-state index contributed by atoms with van der Waals surface area (Å²) in [5.74, 6) is 3.60. The Morgan fingerprint density at radius 1 is 0.929 bits per heavy atom. The van der Waals surface area contributed by atoms with E-state index < -0.39 is 0 Å². The first-order valence-corrected chi connectivity index (χ1v) is 9.42. The summed E-state index contributed by atoms with van der Waals surface area (Å²) < 4.78 is 23.3. The third kappa shape index (κ3) is 4.26. The van der Waals surface area contributed by atoms with Gasteiger partial charge in [-0.25, -0.2) is 0 Å². The quantitative estimate of drug-likeness (QED) is 0.389. The van der Waals surface area contributed by atoms with Crippen molar-refractivity contribution < 1.29 is 18.3 Å². The van der Waals surface area contributed by atoms with Gasteiger partial charge in [0, 0.05) is 0 Å². The van der Waals surface area contributed by atoms with E-state index in [-0.39, 0.29) is 0 Å². The second-order valence-electron chi connectivity index (χ2n) is 6.01. The molecule has 2 heterocycles. The molecule has 0 aliphatic rings. The fraction of sp³-hybridized carbons (Fsp3) is 0.143. The third-order valence-electron chi connectivity index (χ3n) is 4.06. The first kappa shape index (κ1) is 18.3. The van der Waals surface area contributed by atoms with Crippen LogP contribution in [0.2, 0.25) is 0 Å². The van der Waals surface area contributed by atoms with Gasteiger partial charge in [0.2, 0.25) is 5.89 Å². The number of furan rings is 1. The lowest BCUT2D eigenvalue weighted by molar-refractivity contribution is 0.269. The predicted molar refractivity (Wildman–Crippen MR) is 106 cm³/mol. The van der Waals surface area contributed by atoms with Crippen LogP contribution in [0.3, 0.4) is 0 Å². The van der Waals surface area contributed by atoms with E-state index in [9.17, 15) is 0 Å². The summed E-state index contributed by atoms with van der Waals surface area (Å²) in [6.45, 7) is 0.301. The van der Waals surface area contributed by atoms with E-state index in [1.807, 2.05) is 54.6 Å². The highest BCUT2D eigenvalue weighted by Gasteiger charge is 2.14. The van der Waals surface area contributed by atoms with Crippen molar-refractivity contribution in [3.8, 4) is 23.1 Å². The minimum absolute atomic E-state index is 0.301. The Labute approximate surface area is 170 Å². The topological polar surface area (TPSA) is 70.5 Å². The fourth-order valence-corrected chi connectivity index (χ4v) is 3.02. The van der Waals surface area contributed by atoms with E-state index in [1.165, 1.54) is 0 Å². The van der Waals surface area contributed by atoms with Crippen LogP contribution in [0.5, 0.6) is 11.5 Å². The number of aromatic nitrogens is 2. The molecule has 2 aromatic carbocycles. The van der Waals surface area contributed by atoms with Crippen LogP contribution in [0, 0.1) is 0 Å². The van der Waals surface area contributed by atoms with Crippen molar-refractivity contribution in [1.29, 1.82) is 0 Å². The summed E-state index contributed by atoms with van der Waals surface area (Å²) in [6, 6.07) is 19.0. The minimum atomic E-state index is 0.301. The van der Waals surface area contributed by atoms with Gasteiger partial charge in [-0.1, -0.05) is 24.3 Å². The summed E-state index contributed by atoms with van der Waals surface area (Å²) in [7, 11) is 1.64. The molecule has 0 N–H and O–H groups in total. The molecule has 0 bridgehead atoms. The van der Waals surface area contributed by atoms with Gasteiger partial charge in [0.25, 0.3) is 5.89 Å². The molecule has 0 atom stereocenters. The SMILES string of the molecule is COc1ccc(Cc2nnc(-c3ccc(COc4ccccc4Br)o3)o2)cc1. The smallest absolute Gasteiger partial charge is 0.283 e. The molecular formula is C21H17BrN2O4. The van der Waals surface area contributed by atoms with Crippen molar-refractivity contribution in [2.24, 2.45) is 0 Å². The molecule has 0 aliphatic carbocycles. The standard InChI is InChI=1S/C21H17BrN2O4/c1-25-15-8-6-14(7-9-15)12-20-23-24-21(28-20)19-11-10-16(27-19)13-26-18-5-3-2-4-17(18)22/h2-11H,12-13H2,1H3. The Bertz CT molecular complexity index is 1060. The van der Waals surface area contributed by atoms with Gasteiger partial charge < -0.3 is 18.3 Å². The zero-order chi connectivity index (χ0) is 19.3. The predicted octanol–water partition coefficient (Wildman–Crippen LogP) is 5.27. The summed E-state index contributed by atoms with van der Waals surface area (Å²) in [5, 5.41) is 8.18. The van der Waals surface area contributed by atoms with Gasteiger partial charge in [0.15, 0.2) is 5.76 Å². The molecule has 4 aromatic rings. The van der Waals surface area contributed by atoms with Crippen molar-refractivity contribution >= 4 is 15.9 Å². The fourth-order valence-electron chi connectivity index (χ4n) is 2.62. The lowest BCUT2D eigenvalue weighted by Gasteiger charge is -2.05. The Hall–Kier alpha value is -3.06. The molecule has 142 valence electrons. The van der Waals surface area contributed by atoms with Gasteiger partial charge in [-0.3, -0.25) is 0 Å². The zero-order valence-electron chi connectivity index (χ0n) is 15.1. The molecule has 0 radical (unpaired) electrons. The van der Waals surface area contributed by atoms with Crippen molar-refractivity contribution in [3.05, 3.63) is 82.4 Å². The van der Waals surface area contributed by atoms with Crippen LogP contribution in [0.4, 0.5) is 0 Å². The summed E-state index contributed by atoms with van der Waals surface area (Å²) >= 11 is 3.45. The number of hydrogen-bond acceptors (Lipinski definition) is 6. The van der Waals surface area contributed by atoms with E-state index in [4.69, 9.17) is 18.3 Å². The Balaban J connectivity index is 1.40. The van der Waals surface area contributed by atoms with Gasteiger partial charge in [0.1, 0.15) is 23.9 Å². The highest BCUT2D eigenvalue weighted by Crippen LogP contribution is 2.26. The number of para-hydroxylation sites is 1. The first-order chi connectivity index (χ1) is 13.7. The van der Waals surface area contributed by atoms with E-state index in [2.05, 4.69) is 26.1 Å². The highest BCUT2D eigenvalue weighted by atomic mass is 79.9. The molecule has 6 nitrogen and oxygen atoms in total. The molecule has 0 aliphatic heterocycles. The van der Waals surface area contributed by atoms with Crippen molar-refractivity contribution in [1.82, 2.24) is 10.2 Å². The first-order valence-electron chi connectivity index (χ1n) is 8.63. The third-order valence-corrected chi connectivity index (χ3v) is 4.72. The molecule has 0 fully saturated rings. The molecule has 28 heavy (non-hydrogen) atoms. The Kier molecular flexibility index (Phi) is 5.43. The Morgan fingerprint density at radius 3 is 2.54 bits per heavy atom. The molecule has 4 rings (SSSR count). The van der Waals surface area contributed by atoms with E-state index in [0.717, 1.165) is 21.5 Å². The summed E-state index contributed by atoms with van der Waals surface area (Å²) in [6.07, 6.45) is 0.537. The molecule has 0 unspecified atom stereocenters. The van der Waals surface area contributed by atoms with Gasteiger partial charge in [0.05, 0.1) is 18.0 Å². The van der Waals surface area contributed by atoms with E-state index in [0.29, 0.717) is 36.3 Å². The number of halogens is 1. The van der Waals surface area contributed by atoms with Gasteiger partial charge in [-0.2, -0.15) is 0 Å². The number of benzene rings is 2. The van der Waals surface area contributed by atoms with Crippen LogP contribution < -0.4 is 9.47 Å². The van der Waals surface area contributed by atoms with Crippen LogP contribution in [-0.2, 0) is 13.0 Å². The number of hydrogen-bond donors (Lipinski definition) is 0. The summed E-state index contributed by atoms with van der Waals surface area (Å²) in [5.41, 5.74) is 1.05. The van der Waals surface area contributed by atoms with Gasteiger partial charge in [-0.15, -0.1) is 10.2 Å². The number of ether oxygens (including phenoxy) is 2. The monoisotopic (exact) mass is 440 g/mol. The lowest BCUT2D eigenvalue weighted by atomic mass is 10.1. The van der Waals surface area contributed by atoms with Crippen LogP contribution >= 0.6 is 15.9 Å².